The molecule has 0 aliphatic rings. The van der Waals surface area contributed by atoms with Crippen LogP contribution in [-0.4, -0.2) is 132 Å². The normalized spacial score (nSPS) is 10.7. The molecular weight excluding hydrogens is 777 g/mol. The van der Waals surface area contributed by atoms with Crippen LogP contribution in [0, 0.1) is 23.7 Å². The SMILES string of the molecule is CCCCCCCCCCC#CC#CCCCCCCC(=O)NCCOCCOCCNC(=O)c1cc(CN(CC(=O)O)CC(=O)O)cc(CN(CC(=O)O)CC(=O)O)c1. The van der Waals surface area contributed by atoms with Crippen molar-refractivity contribution < 1.29 is 58.7 Å². The Morgan fingerprint density at radius 2 is 0.967 bits per heavy atom. The molecule has 16 nitrogen and oxygen atoms in total. The Hall–Kier alpha value is -5.00. The molecule has 0 bridgehead atoms. The molecule has 16 heteroatoms. The fraction of sp³-hybridized carbons (Fsp3) is 0.636. The predicted molar refractivity (Wildman–Crippen MR) is 225 cm³/mol. The first-order chi connectivity index (χ1) is 28.9. The van der Waals surface area contributed by atoms with Gasteiger partial charge >= 0.3 is 23.9 Å². The fourth-order valence-corrected chi connectivity index (χ4v) is 6.12. The summed E-state index contributed by atoms with van der Waals surface area (Å²) in [6.07, 6.45) is 16.4. The summed E-state index contributed by atoms with van der Waals surface area (Å²) < 4.78 is 11.0. The summed E-state index contributed by atoms with van der Waals surface area (Å²) in [5, 5.41) is 42.5. The first-order valence-corrected chi connectivity index (χ1v) is 21.0. The first-order valence-electron chi connectivity index (χ1n) is 21.0. The summed E-state index contributed by atoms with van der Waals surface area (Å²) in [5.74, 6) is 6.58. The molecule has 0 heterocycles. The van der Waals surface area contributed by atoms with Gasteiger partial charge in [-0.3, -0.25) is 38.6 Å². The third-order valence-corrected chi connectivity index (χ3v) is 8.89. The largest absolute Gasteiger partial charge is 0.480 e. The van der Waals surface area contributed by atoms with Crippen LogP contribution in [-0.2, 0) is 46.5 Å². The molecule has 0 saturated heterocycles. The molecule has 60 heavy (non-hydrogen) atoms. The number of hydrogen-bond donors (Lipinski definition) is 6. The van der Waals surface area contributed by atoms with Gasteiger partial charge in [0.25, 0.3) is 5.91 Å². The molecule has 0 aromatic heterocycles. The van der Waals surface area contributed by atoms with Gasteiger partial charge in [-0.1, -0.05) is 82.6 Å². The second-order valence-electron chi connectivity index (χ2n) is 14.5. The Morgan fingerprint density at radius 3 is 1.42 bits per heavy atom. The van der Waals surface area contributed by atoms with E-state index in [2.05, 4.69) is 41.2 Å². The molecule has 0 saturated carbocycles. The van der Waals surface area contributed by atoms with Crippen LogP contribution in [0.1, 0.15) is 125 Å². The predicted octanol–water partition coefficient (Wildman–Crippen LogP) is 4.39. The Morgan fingerprint density at radius 1 is 0.550 bits per heavy atom. The van der Waals surface area contributed by atoms with Crippen LogP contribution in [0.5, 0.6) is 0 Å². The standard InChI is InChI=1S/C44H66N4O12/c1-2-3-4-5-6-7-8-9-10-11-12-13-14-15-16-17-18-19-20-39(49)45-21-23-59-25-26-60-24-22-46-44(58)38-28-36(30-47(32-40(50)51)33-41(52)53)27-37(29-38)31-48(34-42(54)55)35-43(56)57/h27-29H,2-10,15-26,30-35H2,1H3,(H,45,49)(H,46,58)(H,50,51)(H,52,53)(H,54,55)(H,56,57). The number of nitrogens with one attached hydrogen (secondary N) is 2. The number of amides is 2. The Balaban J connectivity index is 2.31. The lowest BCUT2D eigenvalue weighted by Crippen LogP contribution is -2.35. The number of unbranched alkanes of at least 4 members (excludes halogenated alkanes) is 12. The molecule has 6 N–H and O–H groups in total. The van der Waals surface area contributed by atoms with Gasteiger partial charge in [-0.15, -0.1) is 0 Å². The first kappa shape index (κ1) is 53.0. The minimum absolute atomic E-state index is 0.0227. The average Bonchev–Trinajstić information content (AvgIpc) is 3.16. The topological polar surface area (TPSA) is 232 Å². The van der Waals surface area contributed by atoms with Crippen molar-refractivity contribution in [3.05, 3.63) is 34.9 Å². The molecular formula is C44H66N4O12. The van der Waals surface area contributed by atoms with Gasteiger partial charge in [-0.05, 0) is 54.4 Å². The molecule has 334 valence electrons. The third kappa shape index (κ3) is 31.0. The van der Waals surface area contributed by atoms with Gasteiger partial charge in [0.2, 0.25) is 5.91 Å². The van der Waals surface area contributed by atoms with Gasteiger partial charge in [0.05, 0.1) is 52.6 Å². The van der Waals surface area contributed by atoms with Crippen LogP contribution in [0.3, 0.4) is 0 Å². The molecule has 1 aromatic rings. The van der Waals surface area contributed by atoms with E-state index in [-0.39, 0.29) is 50.9 Å². The number of rotatable bonds is 36. The molecule has 0 radical (unpaired) electrons. The Kier molecular flexibility index (Phi) is 30.8. The lowest BCUT2D eigenvalue weighted by molar-refractivity contribution is -0.144. The minimum atomic E-state index is -1.26. The summed E-state index contributed by atoms with van der Waals surface area (Å²) in [4.78, 5) is 72.7. The van der Waals surface area contributed by atoms with E-state index in [1.54, 1.807) is 0 Å². The van der Waals surface area contributed by atoms with Crippen LogP contribution in [0.15, 0.2) is 18.2 Å². The number of carboxylic acids is 4. The third-order valence-electron chi connectivity index (χ3n) is 8.89. The van der Waals surface area contributed by atoms with E-state index >= 15 is 0 Å². The van der Waals surface area contributed by atoms with Crippen molar-refractivity contribution in [2.75, 3.05) is 65.7 Å². The van der Waals surface area contributed by atoms with Crippen molar-refractivity contribution in [3.63, 3.8) is 0 Å². The number of nitrogens with zero attached hydrogens (tertiary/aromatic N) is 2. The van der Waals surface area contributed by atoms with E-state index < -0.39 is 56.0 Å². The Bertz CT molecular complexity index is 1490. The van der Waals surface area contributed by atoms with Gasteiger partial charge in [0, 0.05) is 51.0 Å². The van der Waals surface area contributed by atoms with Crippen LogP contribution in [0.4, 0.5) is 0 Å². The second-order valence-corrected chi connectivity index (χ2v) is 14.5. The highest BCUT2D eigenvalue weighted by molar-refractivity contribution is 5.94. The van der Waals surface area contributed by atoms with E-state index in [0.717, 1.165) is 54.7 Å². The second kappa shape index (κ2) is 34.8. The number of aliphatic carboxylic acids is 4. The van der Waals surface area contributed by atoms with E-state index in [1.807, 2.05) is 0 Å². The molecule has 1 aromatic carbocycles. The van der Waals surface area contributed by atoms with Crippen LogP contribution in [0.25, 0.3) is 0 Å². The monoisotopic (exact) mass is 842 g/mol. The van der Waals surface area contributed by atoms with Gasteiger partial charge in [0.1, 0.15) is 0 Å². The smallest absolute Gasteiger partial charge is 0.317 e. The zero-order chi connectivity index (χ0) is 44.2. The van der Waals surface area contributed by atoms with Crippen molar-refractivity contribution in [1.82, 2.24) is 20.4 Å². The summed E-state index contributed by atoms with van der Waals surface area (Å²) in [6.45, 7) is 1.02. The highest BCUT2D eigenvalue weighted by atomic mass is 16.5. The molecule has 1 rings (SSSR count). The van der Waals surface area contributed by atoms with E-state index in [1.165, 1.54) is 63.1 Å². The zero-order valence-electron chi connectivity index (χ0n) is 35.3. The highest BCUT2D eigenvalue weighted by Gasteiger charge is 2.19. The molecule has 0 unspecified atom stereocenters. The van der Waals surface area contributed by atoms with E-state index in [0.29, 0.717) is 30.7 Å². The van der Waals surface area contributed by atoms with Crippen molar-refractivity contribution in [1.29, 1.82) is 0 Å². The van der Waals surface area contributed by atoms with Crippen molar-refractivity contribution >= 4 is 35.7 Å². The lowest BCUT2D eigenvalue weighted by atomic mass is 10.0. The Labute approximate surface area is 354 Å². The van der Waals surface area contributed by atoms with E-state index in [4.69, 9.17) is 9.47 Å². The van der Waals surface area contributed by atoms with Crippen molar-refractivity contribution in [2.24, 2.45) is 0 Å². The number of carbonyl (C=O) groups excluding carboxylic acids is 2. The fourth-order valence-electron chi connectivity index (χ4n) is 6.12. The average molecular weight is 843 g/mol. The number of ether oxygens (including phenoxy) is 2. The van der Waals surface area contributed by atoms with Gasteiger partial charge < -0.3 is 40.5 Å². The van der Waals surface area contributed by atoms with Crippen molar-refractivity contribution in [3.8, 4) is 23.7 Å². The number of benzene rings is 1. The molecule has 0 aliphatic carbocycles. The minimum Gasteiger partial charge on any atom is -0.480 e. The molecule has 0 spiro atoms. The quantitative estimate of drug-likeness (QED) is 0.0407. The van der Waals surface area contributed by atoms with Gasteiger partial charge in [-0.2, -0.15) is 0 Å². The van der Waals surface area contributed by atoms with Gasteiger partial charge in [-0.25, -0.2) is 0 Å². The van der Waals surface area contributed by atoms with E-state index in [9.17, 15) is 49.2 Å². The number of carbonyl (C=O) groups is 6. The van der Waals surface area contributed by atoms with Crippen LogP contribution >= 0.6 is 0 Å². The maximum atomic E-state index is 13.1. The summed E-state index contributed by atoms with van der Waals surface area (Å²) in [5.41, 5.74) is 0.857. The summed E-state index contributed by atoms with van der Waals surface area (Å²) in [7, 11) is 0. The number of hydrogen-bond acceptors (Lipinski definition) is 10. The zero-order valence-corrected chi connectivity index (χ0v) is 35.3. The summed E-state index contributed by atoms with van der Waals surface area (Å²) >= 11 is 0. The molecule has 0 atom stereocenters. The van der Waals surface area contributed by atoms with Crippen molar-refractivity contribution in [2.45, 2.75) is 116 Å². The molecule has 2 amide bonds. The maximum Gasteiger partial charge on any atom is 0.317 e. The molecule has 0 fully saturated rings. The lowest BCUT2D eigenvalue weighted by Gasteiger charge is -2.21. The highest BCUT2D eigenvalue weighted by Crippen LogP contribution is 2.16. The van der Waals surface area contributed by atoms with Gasteiger partial charge in [0.15, 0.2) is 0 Å². The number of carboxylic acid groups (broad SMARTS) is 4. The van der Waals surface area contributed by atoms with Crippen LogP contribution in [0.2, 0.25) is 0 Å². The van der Waals surface area contributed by atoms with Crippen LogP contribution < -0.4 is 10.6 Å². The molecule has 0 aliphatic heterocycles. The maximum absolute atomic E-state index is 13.1. The summed E-state index contributed by atoms with van der Waals surface area (Å²) in [6, 6.07) is 4.44.